The highest BCUT2D eigenvalue weighted by Gasteiger charge is 2.04. The number of aliphatic imine (C=N–C) groups is 2. The van der Waals surface area contributed by atoms with Crippen molar-refractivity contribution in [3.05, 3.63) is 30.0 Å². The Morgan fingerprint density at radius 1 is 1.21 bits per heavy atom. The van der Waals surface area contributed by atoms with Gasteiger partial charge in [0.1, 0.15) is 0 Å². The molecule has 0 unspecified atom stereocenters. The Hall–Kier alpha value is -2.50. The van der Waals surface area contributed by atoms with Crippen LogP contribution in [0.3, 0.4) is 0 Å². The smallest absolute Gasteiger partial charge is 0.223 e. The minimum Gasteiger partial charge on any atom is -0.370 e. The van der Waals surface area contributed by atoms with Crippen molar-refractivity contribution in [2.45, 2.75) is 20.4 Å². The number of nitrogens with zero attached hydrogens (tertiary/aromatic N) is 3. The zero-order valence-electron chi connectivity index (χ0n) is 11.1. The summed E-state index contributed by atoms with van der Waals surface area (Å²) in [6.07, 6.45) is 0. The van der Waals surface area contributed by atoms with Gasteiger partial charge in [-0.2, -0.15) is 4.99 Å². The third-order valence-corrected chi connectivity index (χ3v) is 2.90. The molecule has 100 valence electrons. The van der Waals surface area contributed by atoms with Gasteiger partial charge in [0.2, 0.25) is 5.96 Å². The van der Waals surface area contributed by atoms with Crippen LogP contribution >= 0.6 is 0 Å². The van der Waals surface area contributed by atoms with Gasteiger partial charge in [0, 0.05) is 23.1 Å². The van der Waals surface area contributed by atoms with E-state index in [-0.39, 0.29) is 11.9 Å². The standard InChI is InChI=1S/C13H18N6/c1-3-19-8(2)6-9-7-10(4-5-11(9)19)17-13(16)18-12(14)15/h4-7H,3H2,1-2H3,(H6,14,15,16,17,18). The fourth-order valence-electron chi connectivity index (χ4n) is 2.18. The Balaban J connectivity index is 2.46. The normalized spacial score (nSPS) is 11.8. The van der Waals surface area contributed by atoms with E-state index < -0.39 is 0 Å². The van der Waals surface area contributed by atoms with Gasteiger partial charge in [0.05, 0.1) is 5.69 Å². The minimum atomic E-state index is -0.102. The van der Waals surface area contributed by atoms with E-state index in [1.54, 1.807) is 0 Å². The second-order valence-electron chi connectivity index (χ2n) is 4.28. The first-order chi connectivity index (χ1) is 9.01. The van der Waals surface area contributed by atoms with Crippen molar-refractivity contribution in [3.63, 3.8) is 0 Å². The summed E-state index contributed by atoms with van der Waals surface area (Å²) < 4.78 is 2.24. The molecule has 1 heterocycles. The molecular formula is C13H18N6. The van der Waals surface area contributed by atoms with Gasteiger partial charge >= 0.3 is 0 Å². The van der Waals surface area contributed by atoms with Crippen LogP contribution in [0.4, 0.5) is 5.69 Å². The minimum absolute atomic E-state index is 0.0472. The van der Waals surface area contributed by atoms with Gasteiger partial charge in [-0.25, -0.2) is 4.99 Å². The molecule has 0 fully saturated rings. The number of nitrogens with two attached hydrogens (primary N) is 3. The lowest BCUT2D eigenvalue weighted by molar-refractivity contribution is 0.770. The largest absolute Gasteiger partial charge is 0.370 e. The maximum absolute atomic E-state index is 5.61. The molecule has 0 aliphatic rings. The number of rotatable bonds is 2. The average molecular weight is 258 g/mol. The zero-order valence-corrected chi connectivity index (χ0v) is 11.1. The first-order valence-electron chi connectivity index (χ1n) is 6.05. The van der Waals surface area contributed by atoms with E-state index in [0.717, 1.165) is 17.6 Å². The van der Waals surface area contributed by atoms with Crippen molar-refractivity contribution in [1.82, 2.24) is 4.57 Å². The second-order valence-corrected chi connectivity index (χ2v) is 4.28. The number of hydrogen-bond acceptors (Lipinski definition) is 1. The number of aromatic nitrogens is 1. The molecule has 0 amide bonds. The lowest BCUT2D eigenvalue weighted by Gasteiger charge is -2.03. The number of fused-ring (bicyclic) bond motifs is 1. The van der Waals surface area contributed by atoms with E-state index in [2.05, 4.69) is 34.5 Å². The molecule has 0 saturated carbocycles. The zero-order chi connectivity index (χ0) is 14.0. The van der Waals surface area contributed by atoms with Crippen LogP contribution in [-0.2, 0) is 6.54 Å². The predicted octanol–water partition coefficient (Wildman–Crippen LogP) is 1.19. The number of hydrogen-bond donors (Lipinski definition) is 3. The molecule has 6 N–H and O–H groups in total. The molecule has 0 spiro atoms. The van der Waals surface area contributed by atoms with Gasteiger partial charge in [-0.3, -0.25) is 0 Å². The maximum atomic E-state index is 5.61. The third-order valence-electron chi connectivity index (χ3n) is 2.90. The van der Waals surface area contributed by atoms with Crippen LogP contribution in [0, 0.1) is 6.92 Å². The quantitative estimate of drug-likeness (QED) is 0.556. The third kappa shape index (κ3) is 2.67. The monoisotopic (exact) mass is 258 g/mol. The molecule has 0 radical (unpaired) electrons. The molecule has 2 rings (SSSR count). The first-order valence-corrected chi connectivity index (χ1v) is 6.05. The Morgan fingerprint density at radius 2 is 1.95 bits per heavy atom. The van der Waals surface area contributed by atoms with Gasteiger partial charge in [-0.1, -0.05) is 0 Å². The van der Waals surface area contributed by atoms with Crippen molar-refractivity contribution in [3.8, 4) is 0 Å². The lowest BCUT2D eigenvalue weighted by atomic mass is 10.2. The summed E-state index contributed by atoms with van der Waals surface area (Å²) in [5, 5.41) is 1.12. The molecule has 0 aliphatic heterocycles. The van der Waals surface area contributed by atoms with Crippen LogP contribution in [0.15, 0.2) is 34.3 Å². The van der Waals surface area contributed by atoms with Crippen LogP contribution in [0.2, 0.25) is 0 Å². The van der Waals surface area contributed by atoms with E-state index in [4.69, 9.17) is 17.2 Å². The van der Waals surface area contributed by atoms with E-state index in [1.807, 2.05) is 18.2 Å². The number of guanidine groups is 2. The lowest BCUT2D eigenvalue weighted by Crippen LogP contribution is -2.26. The Labute approximate surface area is 111 Å². The molecule has 0 aliphatic carbocycles. The van der Waals surface area contributed by atoms with Crippen molar-refractivity contribution in [2.75, 3.05) is 0 Å². The highest BCUT2D eigenvalue weighted by molar-refractivity contribution is 5.94. The highest BCUT2D eigenvalue weighted by atomic mass is 15.1. The van der Waals surface area contributed by atoms with Crippen molar-refractivity contribution < 1.29 is 0 Å². The average Bonchev–Trinajstić information content (AvgIpc) is 2.62. The molecule has 0 saturated heterocycles. The number of benzene rings is 1. The van der Waals surface area contributed by atoms with Gasteiger partial charge in [0.15, 0.2) is 5.96 Å². The van der Waals surface area contributed by atoms with E-state index in [0.29, 0.717) is 0 Å². The summed E-state index contributed by atoms with van der Waals surface area (Å²) in [6.45, 7) is 5.14. The molecule has 1 aromatic carbocycles. The predicted molar refractivity (Wildman–Crippen MR) is 79.4 cm³/mol. The SMILES string of the molecule is CCn1c(C)cc2cc(N=C(N)N=C(N)N)ccc21. The molecule has 0 atom stereocenters. The molecule has 6 nitrogen and oxygen atoms in total. The Bertz CT molecular complexity index is 661. The van der Waals surface area contributed by atoms with Crippen LogP contribution in [0.25, 0.3) is 10.9 Å². The summed E-state index contributed by atoms with van der Waals surface area (Å²) in [6, 6.07) is 7.99. The van der Waals surface area contributed by atoms with Crippen molar-refractivity contribution in [1.29, 1.82) is 0 Å². The van der Waals surface area contributed by atoms with Crippen LogP contribution in [0.1, 0.15) is 12.6 Å². The van der Waals surface area contributed by atoms with Gasteiger partial charge in [0.25, 0.3) is 0 Å². The molecule has 6 heteroatoms. The van der Waals surface area contributed by atoms with E-state index in [9.17, 15) is 0 Å². The van der Waals surface area contributed by atoms with Gasteiger partial charge in [-0.15, -0.1) is 0 Å². The summed E-state index contributed by atoms with van der Waals surface area (Å²) in [7, 11) is 0. The van der Waals surface area contributed by atoms with Crippen molar-refractivity contribution in [2.24, 2.45) is 27.2 Å². The second kappa shape index (κ2) is 5.01. The fraction of sp³-hybridized carbons (Fsp3) is 0.231. The van der Waals surface area contributed by atoms with Crippen LogP contribution < -0.4 is 17.2 Å². The van der Waals surface area contributed by atoms with Gasteiger partial charge in [-0.05, 0) is 38.1 Å². The molecular weight excluding hydrogens is 240 g/mol. The summed E-state index contributed by atoms with van der Waals surface area (Å²) >= 11 is 0. The highest BCUT2D eigenvalue weighted by Crippen LogP contribution is 2.24. The fourth-order valence-corrected chi connectivity index (χ4v) is 2.18. The van der Waals surface area contributed by atoms with Crippen LogP contribution in [0.5, 0.6) is 0 Å². The Kier molecular flexibility index (Phi) is 3.41. The molecule has 19 heavy (non-hydrogen) atoms. The summed E-state index contributed by atoms with van der Waals surface area (Å²) in [5.74, 6) is -0.0543. The van der Waals surface area contributed by atoms with Crippen LogP contribution in [-0.4, -0.2) is 16.5 Å². The Morgan fingerprint density at radius 3 is 2.58 bits per heavy atom. The number of aryl methyl sites for hydroxylation is 2. The van der Waals surface area contributed by atoms with E-state index >= 15 is 0 Å². The topological polar surface area (TPSA) is 108 Å². The first kappa shape index (κ1) is 12.9. The van der Waals surface area contributed by atoms with Gasteiger partial charge < -0.3 is 21.8 Å². The maximum Gasteiger partial charge on any atom is 0.223 e. The molecule has 1 aromatic heterocycles. The summed E-state index contributed by atoms with van der Waals surface area (Å²) in [5.41, 5.74) is 19.2. The summed E-state index contributed by atoms with van der Waals surface area (Å²) in [4.78, 5) is 7.84. The molecule has 2 aromatic rings. The van der Waals surface area contributed by atoms with E-state index in [1.165, 1.54) is 11.2 Å². The van der Waals surface area contributed by atoms with Crippen molar-refractivity contribution >= 4 is 28.5 Å². The molecule has 0 bridgehead atoms.